The molecule has 3 aromatic rings. The van der Waals surface area contributed by atoms with Crippen molar-refractivity contribution in [3.05, 3.63) is 54.1 Å². The number of benzene rings is 2. The average Bonchev–Trinajstić information content (AvgIpc) is 3.14. The Kier molecular flexibility index (Phi) is 4.41. The molecule has 4 aliphatic rings. The number of thioether (sulfide) groups is 1. The molecule has 0 radical (unpaired) electrons. The number of amides is 1. The lowest BCUT2D eigenvalue weighted by molar-refractivity contribution is -0.113. The van der Waals surface area contributed by atoms with Crippen LogP contribution in [0.2, 0.25) is 0 Å². The van der Waals surface area contributed by atoms with Crippen LogP contribution in [0, 0.1) is 17.8 Å². The molecule has 0 unspecified atom stereocenters. The summed E-state index contributed by atoms with van der Waals surface area (Å²) in [6.45, 7) is 0. The highest BCUT2D eigenvalue weighted by molar-refractivity contribution is 7.99. The number of carbonyl (C=O) groups excluding carboxylic acids is 1. The van der Waals surface area contributed by atoms with Crippen LogP contribution in [0.25, 0.3) is 11.1 Å². The molecule has 0 aliphatic heterocycles. The molecule has 1 amide bonds. The Morgan fingerprint density at radius 2 is 1.73 bits per heavy atom. The highest BCUT2D eigenvalue weighted by Crippen LogP contribution is 2.60. The number of fused-ring (bicyclic) bond motifs is 1. The van der Waals surface area contributed by atoms with Crippen molar-refractivity contribution in [1.82, 2.24) is 4.98 Å². The summed E-state index contributed by atoms with van der Waals surface area (Å²) in [6.07, 6.45) is 8.42. The first-order chi connectivity index (χ1) is 14.6. The van der Waals surface area contributed by atoms with Crippen molar-refractivity contribution in [3.8, 4) is 0 Å². The molecule has 1 N–H and O–H groups in total. The molecule has 5 heteroatoms. The number of oxazole rings is 1. The van der Waals surface area contributed by atoms with Crippen molar-refractivity contribution in [2.75, 3.05) is 11.1 Å². The van der Waals surface area contributed by atoms with Crippen LogP contribution in [0.3, 0.4) is 0 Å². The van der Waals surface area contributed by atoms with Crippen LogP contribution in [-0.2, 0) is 10.2 Å². The molecule has 2 aromatic carbocycles. The number of anilines is 1. The monoisotopic (exact) mass is 418 g/mol. The predicted octanol–water partition coefficient (Wildman–Crippen LogP) is 6.03. The Morgan fingerprint density at radius 1 is 1.03 bits per heavy atom. The number of aromatic nitrogens is 1. The summed E-state index contributed by atoms with van der Waals surface area (Å²) in [5.41, 5.74) is 4.37. The minimum atomic E-state index is -0.0530. The first kappa shape index (κ1) is 18.5. The van der Waals surface area contributed by atoms with Gasteiger partial charge in [-0.05, 0) is 91.5 Å². The van der Waals surface area contributed by atoms with Gasteiger partial charge in [-0.3, -0.25) is 4.79 Å². The molecule has 0 spiro atoms. The number of hydrogen-bond acceptors (Lipinski definition) is 4. The lowest BCUT2D eigenvalue weighted by Crippen LogP contribution is -2.48. The van der Waals surface area contributed by atoms with Gasteiger partial charge in [-0.25, -0.2) is 4.98 Å². The van der Waals surface area contributed by atoms with Gasteiger partial charge in [0.25, 0.3) is 5.22 Å². The summed E-state index contributed by atoms with van der Waals surface area (Å²) in [5.74, 6) is 3.02. The molecule has 4 aliphatic carbocycles. The molecule has 0 atom stereocenters. The van der Waals surface area contributed by atoms with Crippen LogP contribution in [0.4, 0.5) is 5.69 Å². The maximum Gasteiger partial charge on any atom is 0.257 e. The maximum atomic E-state index is 12.2. The summed E-state index contributed by atoms with van der Waals surface area (Å²) in [6, 6.07) is 16.1. The second-order valence-corrected chi connectivity index (χ2v) is 10.5. The third-order valence-corrected chi connectivity index (χ3v) is 8.23. The van der Waals surface area contributed by atoms with E-state index in [9.17, 15) is 4.79 Å². The van der Waals surface area contributed by atoms with Crippen molar-refractivity contribution in [2.24, 2.45) is 17.8 Å². The van der Waals surface area contributed by atoms with Gasteiger partial charge in [0.05, 0.1) is 5.75 Å². The van der Waals surface area contributed by atoms with Crippen molar-refractivity contribution < 1.29 is 9.21 Å². The van der Waals surface area contributed by atoms with Crippen molar-refractivity contribution in [1.29, 1.82) is 0 Å². The molecule has 4 bridgehead atoms. The number of para-hydroxylation sites is 1. The van der Waals surface area contributed by atoms with E-state index in [2.05, 4.69) is 23.5 Å². The van der Waals surface area contributed by atoms with E-state index in [-0.39, 0.29) is 11.7 Å². The number of rotatable bonds is 5. The molecule has 4 nitrogen and oxygen atoms in total. The molecular weight excluding hydrogens is 392 g/mol. The molecule has 7 rings (SSSR count). The fourth-order valence-electron chi connectivity index (χ4n) is 6.61. The number of hydrogen-bond donors (Lipinski definition) is 1. The van der Waals surface area contributed by atoms with Crippen molar-refractivity contribution in [2.45, 2.75) is 49.2 Å². The van der Waals surface area contributed by atoms with E-state index >= 15 is 0 Å². The summed E-state index contributed by atoms with van der Waals surface area (Å²) in [7, 11) is 0. The van der Waals surface area contributed by atoms with E-state index in [4.69, 9.17) is 9.40 Å². The number of nitrogens with zero attached hydrogens (tertiary/aromatic N) is 1. The lowest BCUT2D eigenvalue weighted by Gasteiger charge is -2.57. The van der Waals surface area contributed by atoms with Crippen LogP contribution in [-0.4, -0.2) is 16.6 Å². The second kappa shape index (κ2) is 7.16. The van der Waals surface area contributed by atoms with E-state index in [1.54, 1.807) is 0 Å². The van der Waals surface area contributed by atoms with Gasteiger partial charge in [0, 0.05) is 5.69 Å². The molecule has 1 aromatic heterocycles. The molecule has 30 heavy (non-hydrogen) atoms. The van der Waals surface area contributed by atoms with Crippen LogP contribution in [0.5, 0.6) is 0 Å². The van der Waals surface area contributed by atoms with Gasteiger partial charge in [0.2, 0.25) is 5.91 Å². The van der Waals surface area contributed by atoms with Gasteiger partial charge >= 0.3 is 0 Å². The van der Waals surface area contributed by atoms with Gasteiger partial charge < -0.3 is 9.73 Å². The fourth-order valence-corrected chi connectivity index (χ4v) is 7.25. The highest BCUT2D eigenvalue weighted by atomic mass is 32.2. The fraction of sp³-hybridized carbons (Fsp3) is 0.440. The average molecular weight is 419 g/mol. The minimum absolute atomic E-state index is 0.0530. The highest BCUT2D eigenvalue weighted by Gasteiger charge is 2.51. The van der Waals surface area contributed by atoms with Crippen molar-refractivity contribution >= 4 is 34.5 Å². The largest absolute Gasteiger partial charge is 0.431 e. The predicted molar refractivity (Wildman–Crippen MR) is 120 cm³/mol. The van der Waals surface area contributed by atoms with E-state index in [1.165, 1.54) is 55.9 Å². The number of nitrogens with one attached hydrogen (secondary N) is 1. The quantitative estimate of drug-likeness (QED) is 0.514. The summed E-state index contributed by atoms with van der Waals surface area (Å²) >= 11 is 1.35. The van der Waals surface area contributed by atoms with Gasteiger partial charge in [0.15, 0.2) is 5.58 Å². The third kappa shape index (κ3) is 3.33. The first-order valence-electron chi connectivity index (χ1n) is 11.0. The minimum Gasteiger partial charge on any atom is -0.431 e. The second-order valence-electron chi connectivity index (χ2n) is 9.56. The van der Waals surface area contributed by atoms with Crippen LogP contribution >= 0.6 is 11.8 Å². The molecule has 0 saturated heterocycles. The van der Waals surface area contributed by atoms with Crippen LogP contribution in [0.1, 0.15) is 44.1 Å². The topological polar surface area (TPSA) is 55.1 Å². The zero-order valence-corrected chi connectivity index (χ0v) is 17.8. The Balaban J connectivity index is 1.18. The first-order valence-corrected chi connectivity index (χ1v) is 12.0. The Labute approximate surface area is 180 Å². The zero-order valence-electron chi connectivity index (χ0n) is 17.0. The van der Waals surface area contributed by atoms with E-state index in [0.717, 1.165) is 34.5 Å². The summed E-state index contributed by atoms with van der Waals surface area (Å²) in [5, 5.41) is 3.47. The molecule has 1 heterocycles. The van der Waals surface area contributed by atoms with Crippen LogP contribution < -0.4 is 5.32 Å². The van der Waals surface area contributed by atoms with Crippen molar-refractivity contribution in [3.63, 3.8) is 0 Å². The SMILES string of the molecule is O=C(CSc1nc2cc(C34CC5CC(CC(C5)C3)C4)ccc2o1)Nc1ccccc1. The lowest BCUT2D eigenvalue weighted by atomic mass is 9.48. The summed E-state index contributed by atoms with van der Waals surface area (Å²) in [4.78, 5) is 16.9. The van der Waals surface area contributed by atoms with Gasteiger partial charge in [0.1, 0.15) is 5.52 Å². The maximum absolute atomic E-state index is 12.2. The Morgan fingerprint density at radius 3 is 2.43 bits per heavy atom. The smallest absolute Gasteiger partial charge is 0.257 e. The molecule has 4 saturated carbocycles. The summed E-state index contributed by atoms with van der Waals surface area (Å²) < 4.78 is 5.91. The van der Waals surface area contributed by atoms with Gasteiger partial charge in [-0.1, -0.05) is 36.0 Å². The van der Waals surface area contributed by atoms with E-state index in [0.29, 0.717) is 10.6 Å². The third-order valence-electron chi connectivity index (χ3n) is 7.40. The Hall–Kier alpha value is -2.27. The van der Waals surface area contributed by atoms with Gasteiger partial charge in [-0.15, -0.1) is 0 Å². The van der Waals surface area contributed by atoms with Crippen LogP contribution in [0.15, 0.2) is 58.2 Å². The van der Waals surface area contributed by atoms with Gasteiger partial charge in [-0.2, -0.15) is 0 Å². The van der Waals surface area contributed by atoms with E-state index < -0.39 is 0 Å². The molecule has 154 valence electrons. The normalized spacial score (nSPS) is 29.4. The molecular formula is C25H26N2O2S. The molecule has 4 fully saturated rings. The Bertz CT molecular complexity index is 1060. The zero-order chi connectivity index (χ0) is 20.1. The number of carbonyl (C=O) groups is 1. The standard InChI is InChI=1S/C25H26N2O2S/c28-23(26-20-4-2-1-3-5-20)15-30-24-27-21-11-19(6-7-22(21)29-24)25-12-16-8-17(13-25)10-18(9-16)14-25/h1-7,11,16-18H,8-10,12-15H2,(H,26,28). The van der Waals surface area contributed by atoms with E-state index in [1.807, 2.05) is 30.3 Å².